The molecule has 0 aliphatic rings. The minimum atomic E-state index is 0.282. The van der Waals surface area contributed by atoms with E-state index in [1.165, 1.54) is 0 Å². The van der Waals surface area contributed by atoms with Crippen LogP contribution in [0.25, 0.3) is 0 Å². The number of halogens is 1. The zero-order chi connectivity index (χ0) is 14.5. The molecule has 0 unspecified atom stereocenters. The van der Waals surface area contributed by atoms with Gasteiger partial charge in [-0.05, 0) is 52.2 Å². The minimum absolute atomic E-state index is 0.282. The maximum Gasteiger partial charge on any atom is 0.115 e. The lowest BCUT2D eigenvalue weighted by Gasteiger charge is -2.12. The van der Waals surface area contributed by atoms with E-state index in [2.05, 4.69) is 21.2 Å². The van der Waals surface area contributed by atoms with E-state index in [1.54, 1.807) is 12.1 Å². The third-order valence-corrected chi connectivity index (χ3v) is 3.79. The summed E-state index contributed by atoms with van der Waals surface area (Å²) in [6.07, 6.45) is 0.851. The van der Waals surface area contributed by atoms with Gasteiger partial charge in [-0.15, -0.1) is 0 Å². The Morgan fingerprint density at radius 3 is 2.55 bits per heavy atom. The Hall–Kier alpha value is -1.59. The minimum Gasteiger partial charge on any atom is -0.508 e. The van der Waals surface area contributed by atoms with Gasteiger partial charge in [-0.2, -0.15) is 0 Å². The number of thiocarbonyl (C=S) groups is 1. The van der Waals surface area contributed by atoms with E-state index in [9.17, 15) is 5.11 Å². The maximum atomic E-state index is 9.24. The lowest BCUT2D eigenvalue weighted by Crippen LogP contribution is -2.15. The summed E-state index contributed by atoms with van der Waals surface area (Å²) in [5.74, 6) is 0.282. The average Bonchev–Trinajstić information content (AvgIpc) is 2.40. The molecular formula is C15H15BrN2OS. The Morgan fingerprint density at radius 2 is 1.90 bits per heavy atom. The van der Waals surface area contributed by atoms with Crippen LogP contribution < -0.4 is 11.1 Å². The molecule has 0 saturated carbocycles. The van der Waals surface area contributed by atoms with Gasteiger partial charge in [0.05, 0.1) is 0 Å². The molecule has 0 aliphatic heterocycles. The number of phenolic OH excluding ortho intramolecular Hbond substituents is 1. The third kappa shape index (κ3) is 3.71. The fraction of sp³-hybridized carbons (Fsp3) is 0.133. The van der Waals surface area contributed by atoms with Gasteiger partial charge >= 0.3 is 0 Å². The van der Waals surface area contributed by atoms with Gasteiger partial charge in [0, 0.05) is 22.3 Å². The monoisotopic (exact) mass is 350 g/mol. The van der Waals surface area contributed by atoms with Crippen LogP contribution in [-0.2, 0) is 6.42 Å². The molecule has 2 aromatic carbocycles. The quantitative estimate of drug-likeness (QED) is 0.723. The molecule has 0 fully saturated rings. The fourth-order valence-electron chi connectivity index (χ4n) is 1.93. The van der Waals surface area contributed by atoms with Crippen molar-refractivity contribution in [2.24, 2.45) is 5.73 Å². The topological polar surface area (TPSA) is 58.3 Å². The summed E-state index contributed by atoms with van der Waals surface area (Å²) in [5, 5.41) is 12.6. The van der Waals surface area contributed by atoms with Crippen LogP contribution in [0, 0.1) is 0 Å². The van der Waals surface area contributed by atoms with Crippen molar-refractivity contribution in [2.75, 3.05) is 11.9 Å². The van der Waals surface area contributed by atoms with Gasteiger partial charge < -0.3 is 16.2 Å². The molecule has 0 atom stereocenters. The van der Waals surface area contributed by atoms with Crippen LogP contribution in [0.3, 0.4) is 0 Å². The molecule has 0 radical (unpaired) electrons. The molecule has 2 rings (SSSR count). The molecule has 4 N–H and O–H groups in total. The smallest absolute Gasteiger partial charge is 0.115 e. The number of anilines is 1. The Balaban J connectivity index is 2.02. The maximum absolute atomic E-state index is 9.24. The predicted molar refractivity (Wildman–Crippen MR) is 90.3 cm³/mol. The number of aromatic hydroxyl groups is 1. The SMILES string of the molecule is NC(=S)c1c(Br)cccc1NCCc1ccc(O)cc1. The number of hydrogen-bond acceptors (Lipinski definition) is 3. The van der Waals surface area contributed by atoms with Crippen molar-refractivity contribution in [3.05, 3.63) is 58.1 Å². The van der Waals surface area contributed by atoms with Crippen LogP contribution in [0.4, 0.5) is 5.69 Å². The Morgan fingerprint density at radius 1 is 1.20 bits per heavy atom. The molecule has 0 saturated heterocycles. The predicted octanol–water partition coefficient (Wildman–Crippen LogP) is 3.44. The van der Waals surface area contributed by atoms with Crippen LogP contribution in [0.15, 0.2) is 46.9 Å². The summed E-state index contributed by atoms with van der Waals surface area (Å²) in [6, 6.07) is 13.0. The van der Waals surface area contributed by atoms with E-state index in [1.807, 2.05) is 30.3 Å². The van der Waals surface area contributed by atoms with Crippen LogP contribution in [-0.4, -0.2) is 16.6 Å². The highest BCUT2D eigenvalue weighted by Crippen LogP contribution is 2.24. The van der Waals surface area contributed by atoms with Gasteiger partial charge in [-0.3, -0.25) is 0 Å². The van der Waals surface area contributed by atoms with Crippen molar-refractivity contribution < 1.29 is 5.11 Å². The molecule has 20 heavy (non-hydrogen) atoms. The number of nitrogens with two attached hydrogens (primary N) is 1. The van der Waals surface area contributed by atoms with Crippen LogP contribution in [0.2, 0.25) is 0 Å². The van der Waals surface area contributed by atoms with E-state index >= 15 is 0 Å². The summed E-state index contributed by atoms with van der Waals surface area (Å²) in [6.45, 7) is 0.761. The Labute approximate surface area is 131 Å². The van der Waals surface area contributed by atoms with E-state index in [4.69, 9.17) is 18.0 Å². The van der Waals surface area contributed by atoms with Crippen molar-refractivity contribution in [1.29, 1.82) is 0 Å². The van der Waals surface area contributed by atoms with Crippen LogP contribution in [0.1, 0.15) is 11.1 Å². The average molecular weight is 351 g/mol. The molecule has 0 spiro atoms. The first-order valence-corrected chi connectivity index (χ1v) is 7.38. The highest BCUT2D eigenvalue weighted by molar-refractivity contribution is 9.10. The molecule has 0 heterocycles. The number of benzene rings is 2. The third-order valence-electron chi connectivity index (χ3n) is 2.93. The lowest BCUT2D eigenvalue weighted by molar-refractivity contribution is 0.475. The zero-order valence-corrected chi connectivity index (χ0v) is 13.2. The van der Waals surface area contributed by atoms with Crippen molar-refractivity contribution in [3.63, 3.8) is 0 Å². The zero-order valence-electron chi connectivity index (χ0n) is 10.8. The van der Waals surface area contributed by atoms with E-state index in [0.717, 1.165) is 34.3 Å². The van der Waals surface area contributed by atoms with E-state index in [-0.39, 0.29) is 5.75 Å². The van der Waals surface area contributed by atoms with Gasteiger partial charge in [-0.25, -0.2) is 0 Å². The Kier molecular flexibility index (Phi) is 4.98. The second kappa shape index (κ2) is 6.72. The number of rotatable bonds is 5. The summed E-state index contributed by atoms with van der Waals surface area (Å²) < 4.78 is 0.889. The molecule has 0 amide bonds. The van der Waals surface area contributed by atoms with Crippen molar-refractivity contribution in [1.82, 2.24) is 0 Å². The van der Waals surface area contributed by atoms with Gasteiger partial charge in [0.25, 0.3) is 0 Å². The molecule has 0 aliphatic carbocycles. The van der Waals surface area contributed by atoms with Gasteiger partial charge in [0.1, 0.15) is 10.7 Å². The number of phenols is 1. The van der Waals surface area contributed by atoms with Crippen LogP contribution in [0.5, 0.6) is 5.75 Å². The highest BCUT2D eigenvalue weighted by atomic mass is 79.9. The standard InChI is InChI=1S/C15H15BrN2OS/c16-12-2-1-3-13(14(12)15(17)20)18-9-8-10-4-6-11(19)7-5-10/h1-7,18-19H,8-9H2,(H2,17,20). The van der Waals surface area contributed by atoms with Gasteiger partial charge in [0.2, 0.25) is 0 Å². The van der Waals surface area contributed by atoms with E-state index < -0.39 is 0 Å². The fourth-order valence-corrected chi connectivity index (χ4v) is 2.86. The molecule has 0 aromatic heterocycles. The van der Waals surface area contributed by atoms with Crippen molar-refractivity contribution in [3.8, 4) is 5.75 Å². The Bertz CT molecular complexity index is 614. The first-order valence-electron chi connectivity index (χ1n) is 6.18. The van der Waals surface area contributed by atoms with Crippen LogP contribution >= 0.6 is 28.1 Å². The summed E-state index contributed by atoms with van der Waals surface area (Å²) in [5.41, 5.74) is 8.65. The molecule has 0 bridgehead atoms. The molecule has 104 valence electrons. The molecule has 3 nitrogen and oxygen atoms in total. The second-order valence-corrected chi connectivity index (χ2v) is 5.66. The largest absolute Gasteiger partial charge is 0.508 e. The van der Waals surface area contributed by atoms with Gasteiger partial charge in [0.15, 0.2) is 0 Å². The summed E-state index contributed by atoms with van der Waals surface area (Å²) in [7, 11) is 0. The first kappa shape index (κ1) is 14.8. The van der Waals surface area contributed by atoms with Gasteiger partial charge in [-0.1, -0.05) is 30.4 Å². The normalized spacial score (nSPS) is 10.2. The van der Waals surface area contributed by atoms with E-state index in [0.29, 0.717) is 4.99 Å². The number of nitrogens with one attached hydrogen (secondary N) is 1. The lowest BCUT2D eigenvalue weighted by atomic mass is 10.1. The van der Waals surface area contributed by atoms with Crippen molar-refractivity contribution >= 4 is 38.8 Å². The number of hydrogen-bond donors (Lipinski definition) is 3. The highest BCUT2D eigenvalue weighted by Gasteiger charge is 2.08. The molecule has 2 aromatic rings. The first-order chi connectivity index (χ1) is 9.58. The molecular weight excluding hydrogens is 336 g/mol. The summed E-state index contributed by atoms with van der Waals surface area (Å²) >= 11 is 8.53. The molecule has 5 heteroatoms. The summed E-state index contributed by atoms with van der Waals surface area (Å²) in [4.78, 5) is 0.365. The van der Waals surface area contributed by atoms with Crippen molar-refractivity contribution in [2.45, 2.75) is 6.42 Å². The second-order valence-electron chi connectivity index (χ2n) is 4.37.